The number of sulfonamides is 1. The Balaban J connectivity index is 1.74. The van der Waals surface area contributed by atoms with Gasteiger partial charge in [-0.1, -0.05) is 12.5 Å². The van der Waals surface area contributed by atoms with Gasteiger partial charge < -0.3 is 15.0 Å². The molecule has 2 heterocycles. The van der Waals surface area contributed by atoms with Gasteiger partial charge in [0, 0.05) is 32.2 Å². The Labute approximate surface area is 196 Å². The number of amidine groups is 1. The molecule has 1 atom stereocenters. The molecule has 0 saturated carbocycles. The number of hydrogen-bond donors (Lipinski definition) is 1. The summed E-state index contributed by atoms with van der Waals surface area (Å²) in [5, 5.41) is 2.75. The standard InChI is InChI=1S/C23H34N4O5S/c1-23(2,3)32-22(29)27-15-9-12-19(27)21(28)24-17-10-8-11-18(16-17)33(30,31)25-20-13-6-5-7-14-26(20)4/h8,10-11,16,19H,5-7,9,12-15H2,1-4H3,(H,24,28)/t19-/m1/s1. The third-order valence-electron chi connectivity index (χ3n) is 5.64. The van der Waals surface area contributed by atoms with Crippen LogP contribution in [0.25, 0.3) is 0 Å². The lowest BCUT2D eigenvalue weighted by molar-refractivity contribution is -0.120. The fourth-order valence-electron chi connectivity index (χ4n) is 3.97. The third kappa shape index (κ3) is 6.69. The molecule has 2 saturated heterocycles. The number of rotatable bonds is 4. The van der Waals surface area contributed by atoms with Crippen molar-refractivity contribution in [2.45, 2.75) is 75.8 Å². The van der Waals surface area contributed by atoms with Crippen LogP contribution in [0.5, 0.6) is 0 Å². The summed E-state index contributed by atoms with van der Waals surface area (Å²) >= 11 is 0. The topological polar surface area (TPSA) is 108 Å². The first-order valence-corrected chi connectivity index (χ1v) is 12.9. The Morgan fingerprint density at radius 2 is 1.88 bits per heavy atom. The number of anilines is 1. The van der Waals surface area contributed by atoms with Gasteiger partial charge in [-0.15, -0.1) is 4.40 Å². The summed E-state index contributed by atoms with van der Waals surface area (Å²) in [6.45, 7) is 6.54. The minimum absolute atomic E-state index is 0.0147. The molecule has 0 spiro atoms. The van der Waals surface area contributed by atoms with E-state index in [-0.39, 0.29) is 10.8 Å². The highest BCUT2D eigenvalue weighted by Crippen LogP contribution is 2.24. The second kappa shape index (κ2) is 10.1. The maximum absolute atomic E-state index is 12.9. The van der Waals surface area contributed by atoms with Gasteiger partial charge in [0.25, 0.3) is 10.0 Å². The largest absolute Gasteiger partial charge is 0.444 e. The molecule has 1 aromatic rings. The number of likely N-dealkylation sites (tertiary alicyclic amines) is 2. The van der Waals surface area contributed by atoms with E-state index in [0.29, 0.717) is 37.3 Å². The van der Waals surface area contributed by atoms with Gasteiger partial charge in [-0.25, -0.2) is 4.79 Å². The van der Waals surface area contributed by atoms with Gasteiger partial charge in [-0.05, 0) is 64.7 Å². The summed E-state index contributed by atoms with van der Waals surface area (Å²) in [5.41, 5.74) is -0.317. The summed E-state index contributed by atoms with van der Waals surface area (Å²) in [6, 6.07) is 5.39. The molecular weight excluding hydrogens is 444 g/mol. The van der Waals surface area contributed by atoms with E-state index < -0.39 is 27.8 Å². The molecule has 0 unspecified atom stereocenters. The van der Waals surface area contributed by atoms with Gasteiger partial charge in [-0.3, -0.25) is 9.69 Å². The average molecular weight is 479 g/mol. The SMILES string of the molecule is CN1CCCCCC1=NS(=O)(=O)c1cccc(NC(=O)[C@H]2CCCN2C(=O)OC(C)(C)C)c1. The van der Waals surface area contributed by atoms with Crippen LogP contribution >= 0.6 is 0 Å². The highest BCUT2D eigenvalue weighted by molar-refractivity contribution is 7.90. The van der Waals surface area contributed by atoms with Gasteiger partial charge in [0.2, 0.25) is 5.91 Å². The Morgan fingerprint density at radius 1 is 1.12 bits per heavy atom. The minimum atomic E-state index is -3.92. The highest BCUT2D eigenvalue weighted by Gasteiger charge is 2.36. The van der Waals surface area contributed by atoms with Crippen LogP contribution in [-0.4, -0.2) is 67.8 Å². The normalized spacial score (nSPS) is 21.1. The van der Waals surface area contributed by atoms with Crippen LogP contribution in [0.15, 0.2) is 33.6 Å². The van der Waals surface area contributed by atoms with Crippen molar-refractivity contribution in [1.29, 1.82) is 0 Å². The van der Waals surface area contributed by atoms with Crippen molar-refractivity contribution < 1.29 is 22.7 Å². The number of nitrogens with zero attached hydrogens (tertiary/aromatic N) is 3. The van der Waals surface area contributed by atoms with E-state index in [2.05, 4.69) is 9.71 Å². The maximum atomic E-state index is 12.9. The van der Waals surface area contributed by atoms with Crippen LogP contribution in [0.1, 0.15) is 59.3 Å². The van der Waals surface area contributed by atoms with E-state index in [1.54, 1.807) is 32.9 Å². The zero-order chi connectivity index (χ0) is 24.2. The smallest absolute Gasteiger partial charge is 0.410 e. The lowest BCUT2D eigenvalue weighted by atomic mass is 10.2. The van der Waals surface area contributed by atoms with Gasteiger partial charge in [-0.2, -0.15) is 8.42 Å². The number of amides is 2. The molecule has 10 heteroatoms. The van der Waals surface area contributed by atoms with Crippen molar-refractivity contribution >= 4 is 33.5 Å². The highest BCUT2D eigenvalue weighted by atomic mass is 32.2. The molecule has 2 aliphatic rings. The van der Waals surface area contributed by atoms with E-state index in [0.717, 1.165) is 25.8 Å². The number of nitrogens with one attached hydrogen (secondary N) is 1. The predicted molar refractivity (Wildman–Crippen MR) is 127 cm³/mol. The van der Waals surface area contributed by atoms with Crippen molar-refractivity contribution in [2.24, 2.45) is 4.40 Å². The third-order valence-corrected chi connectivity index (χ3v) is 6.94. The monoisotopic (exact) mass is 478 g/mol. The Morgan fingerprint density at radius 3 is 2.61 bits per heavy atom. The van der Waals surface area contributed by atoms with E-state index >= 15 is 0 Å². The quantitative estimate of drug-likeness (QED) is 0.708. The molecule has 2 aliphatic heterocycles. The number of carbonyl (C=O) groups is 2. The van der Waals surface area contributed by atoms with Crippen LogP contribution in [0.4, 0.5) is 10.5 Å². The second-order valence-corrected chi connectivity index (χ2v) is 11.2. The van der Waals surface area contributed by atoms with E-state index in [1.807, 2.05) is 11.9 Å². The summed E-state index contributed by atoms with van der Waals surface area (Å²) < 4.78 is 35.4. The lowest BCUT2D eigenvalue weighted by Gasteiger charge is -2.28. The zero-order valence-corrected chi connectivity index (χ0v) is 20.7. The molecule has 33 heavy (non-hydrogen) atoms. The molecule has 0 radical (unpaired) electrons. The molecule has 1 N–H and O–H groups in total. The Kier molecular flexibility index (Phi) is 7.66. The first-order valence-electron chi connectivity index (χ1n) is 11.4. The summed E-state index contributed by atoms with van der Waals surface area (Å²) in [4.78, 5) is 28.7. The molecule has 3 rings (SSSR count). The van der Waals surface area contributed by atoms with Crippen molar-refractivity contribution in [1.82, 2.24) is 9.80 Å². The number of carbonyl (C=O) groups excluding carboxylic acids is 2. The lowest BCUT2D eigenvalue weighted by Crippen LogP contribution is -2.45. The van der Waals surface area contributed by atoms with Gasteiger partial charge in [0.05, 0.1) is 4.90 Å². The van der Waals surface area contributed by atoms with Crippen molar-refractivity contribution in [3.63, 3.8) is 0 Å². The molecule has 1 aromatic carbocycles. The van der Waals surface area contributed by atoms with Crippen LogP contribution in [0.2, 0.25) is 0 Å². The second-order valence-electron chi connectivity index (χ2n) is 9.56. The van der Waals surface area contributed by atoms with Crippen LogP contribution in [0, 0.1) is 0 Å². The first kappa shape index (κ1) is 25.0. The van der Waals surface area contributed by atoms with Crippen LogP contribution in [0.3, 0.4) is 0 Å². The van der Waals surface area contributed by atoms with E-state index in [1.165, 1.54) is 17.0 Å². The van der Waals surface area contributed by atoms with E-state index in [9.17, 15) is 18.0 Å². The number of benzene rings is 1. The molecule has 182 valence electrons. The summed E-state index contributed by atoms with van der Waals surface area (Å²) in [6.07, 6.45) is 4.27. The predicted octanol–water partition coefficient (Wildman–Crippen LogP) is 3.62. The van der Waals surface area contributed by atoms with Gasteiger partial charge in [0.1, 0.15) is 17.5 Å². The molecule has 0 aromatic heterocycles. The summed E-state index contributed by atoms with van der Waals surface area (Å²) in [7, 11) is -2.06. The molecule has 0 aliphatic carbocycles. The van der Waals surface area contributed by atoms with Crippen LogP contribution < -0.4 is 5.32 Å². The molecule has 2 amide bonds. The van der Waals surface area contributed by atoms with Crippen LogP contribution in [-0.2, 0) is 19.6 Å². The first-order chi connectivity index (χ1) is 15.5. The summed E-state index contributed by atoms with van der Waals surface area (Å²) in [5.74, 6) is 0.184. The van der Waals surface area contributed by atoms with E-state index in [4.69, 9.17) is 4.74 Å². The van der Waals surface area contributed by atoms with Gasteiger partial charge in [0.15, 0.2) is 0 Å². The van der Waals surface area contributed by atoms with Crippen molar-refractivity contribution in [2.75, 3.05) is 25.5 Å². The fraction of sp³-hybridized carbons (Fsp3) is 0.609. The number of ether oxygens (including phenoxy) is 1. The Hall–Kier alpha value is -2.62. The molecule has 2 fully saturated rings. The number of hydrogen-bond acceptors (Lipinski definition) is 5. The van der Waals surface area contributed by atoms with Gasteiger partial charge >= 0.3 is 6.09 Å². The molecular formula is C23H34N4O5S. The Bertz CT molecular complexity index is 1020. The molecule has 9 nitrogen and oxygen atoms in total. The van der Waals surface area contributed by atoms with Crippen molar-refractivity contribution in [3.8, 4) is 0 Å². The zero-order valence-electron chi connectivity index (χ0n) is 19.8. The maximum Gasteiger partial charge on any atom is 0.410 e. The molecule has 0 bridgehead atoms. The average Bonchev–Trinajstić information content (AvgIpc) is 3.13. The fourth-order valence-corrected chi connectivity index (χ4v) is 5.11. The van der Waals surface area contributed by atoms with Crippen molar-refractivity contribution in [3.05, 3.63) is 24.3 Å². The minimum Gasteiger partial charge on any atom is -0.444 e.